The number of benzene rings is 1. The number of carbonyl (C=O) groups excluding carboxylic acids is 1. The molecule has 0 radical (unpaired) electrons. The molecule has 0 aliphatic heterocycles. The van der Waals surface area contributed by atoms with E-state index in [9.17, 15) is 18.0 Å². The fourth-order valence-electron chi connectivity index (χ4n) is 3.77. The molecule has 5 nitrogen and oxygen atoms in total. The fraction of sp³-hybridized carbons (Fsp3) is 0.526. The van der Waals surface area contributed by atoms with E-state index in [1.54, 1.807) is 19.9 Å². The quantitative estimate of drug-likeness (QED) is 0.829. The highest BCUT2D eigenvalue weighted by Gasteiger charge is 2.41. The Bertz CT molecular complexity index is 811. The zero-order valence-corrected chi connectivity index (χ0v) is 15.3. The van der Waals surface area contributed by atoms with Crippen molar-refractivity contribution in [2.24, 2.45) is 0 Å². The Balaban J connectivity index is 1.76. The fourth-order valence-corrected chi connectivity index (χ4v) is 3.77. The van der Waals surface area contributed by atoms with Crippen molar-refractivity contribution >= 4 is 5.91 Å². The Hall–Kier alpha value is -2.38. The van der Waals surface area contributed by atoms with Crippen LogP contribution in [0.15, 0.2) is 28.8 Å². The molecule has 1 N–H and O–H groups in total. The average molecular weight is 381 g/mol. The van der Waals surface area contributed by atoms with Gasteiger partial charge in [0.05, 0.1) is 5.56 Å². The molecule has 1 aliphatic carbocycles. The molecule has 1 amide bonds. The maximum atomic E-state index is 13.2. The SMILES string of the molecule is Cc1nc(C2(NC(=O)CC(C)c3ccccc3C(F)(F)F)CCCC2)no1. The van der Waals surface area contributed by atoms with Crippen LogP contribution in [0.1, 0.15) is 67.8 Å². The van der Waals surface area contributed by atoms with Gasteiger partial charge in [-0.05, 0) is 30.4 Å². The van der Waals surface area contributed by atoms with Crippen LogP contribution in [-0.2, 0) is 16.5 Å². The number of nitrogens with zero attached hydrogens (tertiary/aromatic N) is 2. The van der Waals surface area contributed by atoms with E-state index in [1.165, 1.54) is 12.1 Å². The predicted octanol–water partition coefficient (Wildman–Crippen LogP) is 4.48. The molecule has 1 aromatic carbocycles. The minimum Gasteiger partial charge on any atom is -0.343 e. The van der Waals surface area contributed by atoms with Gasteiger partial charge in [-0.25, -0.2) is 0 Å². The van der Waals surface area contributed by atoms with Crippen LogP contribution < -0.4 is 5.32 Å². The van der Waals surface area contributed by atoms with Crippen molar-refractivity contribution in [3.8, 4) is 0 Å². The van der Waals surface area contributed by atoms with Gasteiger partial charge in [0.15, 0.2) is 5.82 Å². The van der Waals surface area contributed by atoms with E-state index in [-0.39, 0.29) is 17.9 Å². The second-order valence-corrected chi connectivity index (χ2v) is 7.16. The van der Waals surface area contributed by atoms with Crippen molar-refractivity contribution in [1.82, 2.24) is 15.5 Å². The number of aryl methyl sites for hydroxylation is 1. The van der Waals surface area contributed by atoms with Gasteiger partial charge in [-0.15, -0.1) is 0 Å². The van der Waals surface area contributed by atoms with Gasteiger partial charge in [0.25, 0.3) is 0 Å². The van der Waals surface area contributed by atoms with Gasteiger partial charge < -0.3 is 9.84 Å². The molecule has 1 aromatic heterocycles. The summed E-state index contributed by atoms with van der Waals surface area (Å²) in [6.45, 7) is 3.31. The van der Waals surface area contributed by atoms with Gasteiger partial charge in [-0.3, -0.25) is 4.79 Å². The average Bonchev–Trinajstić information content (AvgIpc) is 3.24. The van der Waals surface area contributed by atoms with Crippen molar-refractivity contribution in [3.63, 3.8) is 0 Å². The number of hydrogen-bond donors (Lipinski definition) is 1. The summed E-state index contributed by atoms with van der Waals surface area (Å²) in [6.07, 6.45) is -1.29. The molecule has 146 valence electrons. The summed E-state index contributed by atoms with van der Waals surface area (Å²) in [7, 11) is 0. The van der Waals surface area contributed by atoms with Crippen molar-refractivity contribution in [3.05, 3.63) is 47.1 Å². The van der Waals surface area contributed by atoms with E-state index in [1.807, 2.05) is 0 Å². The van der Waals surface area contributed by atoms with Crippen LogP contribution in [0.5, 0.6) is 0 Å². The minimum absolute atomic E-state index is 0.0499. The van der Waals surface area contributed by atoms with Crippen molar-refractivity contribution in [1.29, 1.82) is 0 Å². The van der Waals surface area contributed by atoms with E-state index in [2.05, 4.69) is 15.5 Å². The summed E-state index contributed by atoms with van der Waals surface area (Å²) >= 11 is 0. The number of hydrogen-bond acceptors (Lipinski definition) is 4. The number of carbonyl (C=O) groups is 1. The first-order valence-electron chi connectivity index (χ1n) is 8.99. The normalized spacial score (nSPS) is 17.7. The van der Waals surface area contributed by atoms with Gasteiger partial charge in [0.2, 0.25) is 11.8 Å². The largest absolute Gasteiger partial charge is 0.416 e. The van der Waals surface area contributed by atoms with E-state index in [0.29, 0.717) is 24.6 Å². The number of amides is 1. The van der Waals surface area contributed by atoms with Crippen LogP contribution in [0.4, 0.5) is 13.2 Å². The number of halogens is 3. The first kappa shape index (κ1) is 19.4. The van der Waals surface area contributed by atoms with Gasteiger partial charge in [0.1, 0.15) is 5.54 Å². The molecule has 1 heterocycles. The molecule has 1 fully saturated rings. The third-order valence-corrected chi connectivity index (χ3v) is 5.08. The summed E-state index contributed by atoms with van der Waals surface area (Å²) in [5.41, 5.74) is -1.27. The lowest BCUT2D eigenvalue weighted by molar-refractivity contribution is -0.138. The molecular formula is C19H22F3N3O2. The lowest BCUT2D eigenvalue weighted by Crippen LogP contribution is -2.45. The van der Waals surface area contributed by atoms with Crippen LogP contribution >= 0.6 is 0 Å². The summed E-state index contributed by atoms with van der Waals surface area (Å²) in [5.74, 6) is -0.0377. The number of alkyl halides is 3. The molecule has 2 aromatic rings. The smallest absolute Gasteiger partial charge is 0.343 e. The lowest BCUT2D eigenvalue weighted by Gasteiger charge is -2.27. The van der Waals surface area contributed by atoms with Crippen LogP contribution in [0, 0.1) is 6.92 Å². The molecule has 0 saturated heterocycles. The Morgan fingerprint density at radius 2 is 1.96 bits per heavy atom. The second kappa shape index (κ2) is 7.32. The molecular weight excluding hydrogens is 359 g/mol. The topological polar surface area (TPSA) is 68.0 Å². The number of nitrogens with one attached hydrogen (secondary N) is 1. The molecule has 1 unspecified atom stereocenters. The summed E-state index contributed by atoms with van der Waals surface area (Å²) in [4.78, 5) is 16.9. The van der Waals surface area contributed by atoms with E-state index >= 15 is 0 Å². The Morgan fingerprint density at radius 3 is 2.56 bits per heavy atom. The summed E-state index contributed by atoms with van der Waals surface area (Å²) in [5, 5.41) is 6.93. The van der Waals surface area contributed by atoms with Gasteiger partial charge in [-0.1, -0.05) is 43.1 Å². The number of rotatable bonds is 5. The van der Waals surface area contributed by atoms with Gasteiger partial charge in [-0.2, -0.15) is 18.2 Å². The van der Waals surface area contributed by atoms with Crippen LogP contribution in [0.3, 0.4) is 0 Å². The van der Waals surface area contributed by atoms with Crippen LogP contribution in [0.2, 0.25) is 0 Å². The molecule has 8 heteroatoms. The monoisotopic (exact) mass is 381 g/mol. The molecule has 3 rings (SSSR count). The van der Waals surface area contributed by atoms with Crippen LogP contribution in [-0.4, -0.2) is 16.0 Å². The maximum Gasteiger partial charge on any atom is 0.416 e. The van der Waals surface area contributed by atoms with Gasteiger partial charge >= 0.3 is 6.18 Å². The van der Waals surface area contributed by atoms with Crippen molar-refractivity contribution in [2.45, 2.75) is 63.6 Å². The first-order chi connectivity index (χ1) is 12.7. The predicted molar refractivity (Wildman–Crippen MR) is 91.8 cm³/mol. The van der Waals surface area contributed by atoms with Crippen molar-refractivity contribution < 1.29 is 22.5 Å². The Kier molecular flexibility index (Phi) is 5.26. The molecule has 1 aliphatic rings. The zero-order chi connectivity index (χ0) is 19.7. The first-order valence-corrected chi connectivity index (χ1v) is 8.99. The van der Waals surface area contributed by atoms with Crippen LogP contribution in [0.25, 0.3) is 0 Å². The minimum atomic E-state index is -4.45. The lowest BCUT2D eigenvalue weighted by atomic mass is 9.91. The highest BCUT2D eigenvalue weighted by Crippen LogP contribution is 2.39. The summed E-state index contributed by atoms with van der Waals surface area (Å²) in [6, 6.07) is 5.38. The van der Waals surface area contributed by atoms with E-state index < -0.39 is 23.2 Å². The zero-order valence-electron chi connectivity index (χ0n) is 15.3. The molecule has 0 bridgehead atoms. The maximum absolute atomic E-state index is 13.2. The molecule has 1 atom stereocenters. The third-order valence-electron chi connectivity index (χ3n) is 5.08. The van der Waals surface area contributed by atoms with Gasteiger partial charge in [0, 0.05) is 13.3 Å². The standard InChI is InChI=1S/C19H22F3N3O2/c1-12(14-7-3-4-8-15(14)19(20,21)22)11-16(26)24-18(9-5-6-10-18)17-23-13(2)27-25-17/h3-4,7-8,12H,5-6,9-11H2,1-2H3,(H,24,26). The Labute approximate surface area is 155 Å². The van der Waals surface area contributed by atoms with E-state index in [4.69, 9.17) is 4.52 Å². The molecule has 27 heavy (non-hydrogen) atoms. The third kappa shape index (κ3) is 4.14. The van der Waals surface area contributed by atoms with Crippen molar-refractivity contribution in [2.75, 3.05) is 0 Å². The highest BCUT2D eigenvalue weighted by atomic mass is 19.4. The molecule has 1 saturated carbocycles. The Morgan fingerprint density at radius 1 is 1.30 bits per heavy atom. The van der Waals surface area contributed by atoms with E-state index in [0.717, 1.165) is 18.9 Å². The molecule has 0 spiro atoms. The number of aromatic nitrogens is 2. The summed E-state index contributed by atoms with van der Waals surface area (Å²) < 4.78 is 44.7. The highest BCUT2D eigenvalue weighted by molar-refractivity contribution is 5.78. The second-order valence-electron chi connectivity index (χ2n) is 7.16.